The lowest BCUT2D eigenvalue weighted by Gasteiger charge is -2.06. The lowest BCUT2D eigenvalue weighted by atomic mass is 9.71. The Morgan fingerprint density at radius 1 is 1.56 bits per heavy atom. The van der Waals surface area contributed by atoms with E-state index in [2.05, 4.69) is 4.90 Å². The highest BCUT2D eigenvalue weighted by Gasteiger charge is 1.90. The molecule has 2 nitrogen and oxygen atoms in total. The van der Waals surface area contributed by atoms with Crippen LogP contribution in [0.4, 0.5) is 0 Å². The zero-order chi connectivity index (χ0) is 7.11. The predicted octanol–water partition coefficient (Wildman–Crippen LogP) is 0.288. The van der Waals surface area contributed by atoms with Gasteiger partial charge in [-0.15, -0.1) is 0 Å². The Morgan fingerprint density at radius 2 is 2.22 bits per heavy atom. The third kappa shape index (κ3) is 7.69. The number of hydrogen-bond acceptors (Lipinski definition) is 2. The van der Waals surface area contributed by atoms with Crippen LogP contribution < -0.4 is 0 Å². The molecule has 9 heavy (non-hydrogen) atoms. The van der Waals surface area contributed by atoms with Crippen molar-refractivity contribution in [3.05, 3.63) is 0 Å². The normalized spacial score (nSPS) is 9.67. The minimum Gasteiger partial charge on any atom is -0.310 e. The molecule has 0 unspecified atom stereocenters. The Bertz CT molecular complexity index is 75.5. The van der Waals surface area contributed by atoms with Gasteiger partial charge in [0.2, 0.25) is 0 Å². The molecule has 0 saturated heterocycles. The largest absolute Gasteiger partial charge is 0.310 e. The number of carbonyl (C=O) groups is 1. The molecule has 0 amide bonds. The van der Waals surface area contributed by atoms with Gasteiger partial charge in [-0.2, -0.15) is 0 Å². The molecule has 0 aromatic heterocycles. The summed E-state index contributed by atoms with van der Waals surface area (Å²) in [5.74, 6) is 0. The van der Waals surface area contributed by atoms with Gasteiger partial charge >= 0.3 is 0 Å². The zero-order valence-electron chi connectivity index (χ0n) is 6.13. The molecule has 0 N–H and O–H groups in total. The Kier molecular flexibility index (Phi) is 5.63. The molecule has 0 heterocycles. The molecule has 0 aliphatic heterocycles. The van der Waals surface area contributed by atoms with Crippen LogP contribution in [0, 0.1) is 0 Å². The molecule has 0 saturated carbocycles. The predicted molar refractivity (Wildman–Crippen MR) is 40.0 cm³/mol. The van der Waals surface area contributed by atoms with Crippen molar-refractivity contribution in [2.45, 2.75) is 12.6 Å². The number of hydrogen-bond donors (Lipinski definition) is 0. The van der Waals surface area contributed by atoms with Gasteiger partial charge in [0.15, 0.2) is 0 Å². The van der Waals surface area contributed by atoms with E-state index in [1.165, 1.54) is 0 Å². The van der Waals surface area contributed by atoms with Crippen molar-refractivity contribution in [1.82, 2.24) is 4.90 Å². The average Bonchev–Trinajstić information content (AvgIpc) is 1.80. The Hall–Kier alpha value is -0.305. The first-order chi connectivity index (χ1) is 4.27. The van der Waals surface area contributed by atoms with Crippen LogP contribution in [0.15, 0.2) is 0 Å². The number of aldehydes is 1. The minimum atomic E-state index is 0.591. The molecule has 0 aliphatic rings. The second-order valence-electron chi connectivity index (χ2n) is 2.28. The van der Waals surface area contributed by atoms with Crippen LogP contribution in [-0.4, -0.2) is 39.1 Å². The average molecular weight is 126 g/mol. The highest BCUT2D eigenvalue weighted by molar-refractivity contribution is 6.39. The van der Waals surface area contributed by atoms with Crippen molar-refractivity contribution < 1.29 is 4.79 Å². The molecule has 0 aromatic rings. The van der Waals surface area contributed by atoms with E-state index in [4.69, 9.17) is 0 Å². The molecule has 0 aliphatic carbocycles. The number of rotatable bonds is 5. The molecule has 0 aromatic carbocycles. The van der Waals surface area contributed by atoms with Gasteiger partial charge in [0.05, 0.1) is 0 Å². The summed E-state index contributed by atoms with van der Waals surface area (Å²) in [5, 5.41) is 0. The van der Waals surface area contributed by atoms with Gasteiger partial charge in [0, 0.05) is 0 Å². The second kappa shape index (κ2) is 5.82. The standard InChI is InChI=1S/C6H13BNO/c1-8(2)5-3-7-4-6-9/h6H,3-5H2,1-2H3. The lowest BCUT2D eigenvalue weighted by molar-refractivity contribution is -0.106. The van der Waals surface area contributed by atoms with E-state index in [1.54, 1.807) is 0 Å². The van der Waals surface area contributed by atoms with Gasteiger partial charge in [-0.05, 0) is 27.0 Å². The van der Waals surface area contributed by atoms with Crippen molar-refractivity contribution in [3.63, 3.8) is 0 Å². The second-order valence-corrected chi connectivity index (χ2v) is 2.28. The van der Waals surface area contributed by atoms with Crippen LogP contribution >= 0.6 is 0 Å². The first-order valence-electron chi connectivity index (χ1n) is 3.17. The maximum Gasteiger partial charge on any atom is 0.120 e. The molecule has 0 bridgehead atoms. The summed E-state index contributed by atoms with van der Waals surface area (Å²) in [5.41, 5.74) is 0. The monoisotopic (exact) mass is 126 g/mol. The minimum absolute atomic E-state index is 0.591. The van der Waals surface area contributed by atoms with Gasteiger partial charge in [0.25, 0.3) is 0 Å². The number of nitrogens with zero attached hydrogens (tertiary/aromatic N) is 1. The summed E-state index contributed by atoms with van der Waals surface area (Å²) in [6.07, 6.45) is 2.52. The van der Waals surface area contributed by atoms with Gasteiger partial charge in [-0.3, -0.25) is 0 Å². The van der Waals surface area contributed by atoms with E-state index in [1.807, 2.05) is 21.4 Å². The molecule has 51 valence electrons. The maximum atomic E-state index is 9.80. The third-order valence-electron chi connectivity index (χ3n) is 1.04. The van der Waals surface area contributed by atoms with Crippen LogP contribution in [0.2, 0.25) is 12.6 Å². The lowest BCUT2D eigenvalue weighted by Crippen LogP contribution is -2.14. The Labute approximate surface area is 57.5 Å². The fraction of sp³-hybridized carbons (Fsp3) is 0.833. The third-order valence-corrected chi connectivity index (χ3v) is 1.04. The van der Waals surface area contributed by atoms with Crippen LogP contribution in [0.3, 0.4) is 0 Å². The first-order valence-corrected chi connectivity index (χ1v) is 3.17. The van der Waals surface area contributed by atoms with Crippen LogP contribution in [0.5, 0.6) is 0 Å². The van der Waals surface area contributed by atoms with E-state index >= 15 is 0 Å². The topological polar surface area (TPSA) is 20.3 Å². The van der Waals surface area contributed by atoms with Gasteiger partial charge < -0.3 is 9.69 Å². The van der Waals surface area contributed by atoms with Crippen LogP contribution in [0.25, 0.3) is 0 Å². The Balaban J connectivity index is 2.82. The van der Waals surface area contributed by atoms with E-state index in [-0.39, 0.29) is 0 Å². The number of carbonyl (C=O) groups excluding carboxylic acids is 1. The van der Waals surface area contributed by atoms with E-state index in [0.717, 1.165) is 19.2 Å². The fourth-order valence-electron chi connectivity index (χ4n) is 0.535. The van der Waals surface area contributed by atoms with E-state index < -0.39 is 0 Å². The molecule has 0 rings (SSSR count). The zero-order valence-corrected chi connectivity index (χ0v) is 6.13. The molecule has 0 atom stereocenters. The van der Waals surface area contributed by atoms with Gasteiger partial charge in [-0.25, -0.2) is 0 Å². The summed E-state index contributed by atoms with van der Waals surface area (Å²) in [4.78, 5) is 11.9. The summed E-state index contributed by atoms with van der Waals surface area (Å²) < 4.78 is 0. The first kappa shape index (κ1) is 8.69. The summed E-state index contributed by atoms with van der Waals surface area (Å²) >= 11 is 0. The Morgan fingerprint density at radius 3 is 2.67 bits per heavy atom. The van der Waals surface area contributed by atoms with Crippen molar-refractivity contribution in [1.29, 1.82) is 0 Å². The fourth-order valence-corrected chi connectivity index (χ4v) is 0.535. The van der Waals surface area contributed by atoms with Crippen LogP contribution in [-0.2, 0) is 4.79 Å². The van der Waals surface area contributed by atoms with Crippen LogP contribution in [0.1, 0.15) is 0 Å². The highest BCUT2D eigenvalue weighted by Crippen LogP contribution is 1.84. The molecule has 3 heteroatoms. The van der Waals surface area contributed by atoms with Gasteiger partial charge in [0.1, 0.15) is 13.6 Å². The molecule has 0 fully saturated rings. The summed E-state index contributed by atoms with van der Waals surface area (Å²) in [7, 11) is 6.04. The van der Waals surface area contributed by atoms with Crippen molar-refractivity contribution in [2.24, 2.45) is 0 Å². The quantitative estimate of drug-likeness (QED) is 0.299. The van der Waals surface area contributed by atoms with E-state index in [0.29, 0.717) is 6.32 Å². The molecular formula is C6H13BNO. The summed E-state index contributed by atoms with van der Waals surface area (Å²) in [6.45, 7) is 1.04. The highest BCUT2D eigenvalue weighted by atomic mass is 16.1. The van der Waals surface area contributed by atoms with Crippen molar-refractivity contribution >= 4 is 13.6 Å². The molecule has 1 radical (unpaired) electrons. The maximum absolute atomic E-state index is 9.80. The van der Waals surface area contributed by atoms with Crippen molar-refractivity contribution in [2.75, 3.05) is 20.6 Å². The molecular weight excluding hydrogens is 113 g/mol. The van der Waals surface area contributed by atoms with E-state index in [9.17, 15) is 4.79 Å². The SMILES string of the molecule is CN(C)CC[B]CC=O. The van der Waals surface area contributed by atoms with Gasteiger partial charge in [-0.1, -0.05) is 6.32 Å². The molecule has 0 spiro atoms. The smallest absolute Gasteiger partial charge is 0.120 e. The van der Waals surface area contributed by atoms with Crippen molar-refractivity contribution in [3.8, 4) is 0 Å². The summed E-state index contributed by atoms with van der Waals surface area (Å²) in [6, 6.07) is 0.